The molecular weight excluding hydrogens is 227 g/mol. The van der Waals surface area contributed by atoms with E-state index in [9.17, 15) is 9.59 Å². The van der Waals surface area contributed by atoms with Crippen LogP contribution in [-0.4, -0.2) is 45.1 Å². The van der Waals surface area contributed by atoms with Crippen molar-refractivity contribution >= 4 is 20.1 Å². The maximum atomic E-state index is 11.3. The Balaban J connectivity index is 3.30. The number of carbonyl (C=O) groups is 2. The number of hydrogen-bond donors (Lipinski definition) is 1. The molecule has 0 saturated heterocycles. The fourth-order valence-corrected chi connectivity index (χ4v) is 1.39. The Morgan fingerprint density at radius 3 is 2.94 bits per heavy atom. The van der Waals surface area contributed by atoms with Gasteiger partial charge in [0.05, 0.1) is 12.8 Å². The normalized spacial score (nSPS) is 11.4. The molecule has 0 rings (SSSR count). The summed E-state index contributed by atoms with van der Waals surface area (Å²) in [6, 6.07) is 0. The molecule has 0 radical (unpaired) electrons. The van der Waals surface area contributed by atoms with Gasteiger partial charge in [0.25, 0.3) is 0 Å². The molecule has 16 heavy (non-hydrogen) atoms. The van der Waals surface area contributed by atoms with E-state index < -0.39 is 0 Å². The van der Waals surface area contributed by atoms with Crippen LogP contribution >= 0.6 is 8.37 Å². The minimum Gasteiger partial charge on any atom is -0.381 e. The van der Waals surface area contributed by atoms with E-state index in [-0.39, 0.29) is 18.7 Å². The van der Waals surface area contributed by atoms with Crippen LogP contribution in [0.2, 0.25) is 0 Å². The zero-order valence-electron chi connectivity index (χ0n) is 10.6. The van der Waals surface area contributed by atoms with E-state index in [0.29, 0.717) is 47.0 Å². The average Bonchev–Trinajstić information content (AvgIpc) is 2.33. The summed E-state index contributed by atoms with van der Waals surface area (Å²) in [4.78, 5) is 22.1. The molecule has 0 heterocycles. The highest BCUT2D eigenvalue weighted by atomic mass is 31.1. The molecule has 0 unspecified atom stereocenters. The molecule has 1 N–H and O–H groups in total. The summed E-state index contributed by atoms with van der Waals surface area (Å²) in [6.45, 7) is 0.884. The third kappa shape index (κ3) is 9.74. The number of rotatable bonds is 9. The lowest BCUT2D eigenvalue weighted by Gasteiger charge is -2.02. The summed E-state index contributed by atoms with van der Waals surface area (Å²) in [7, 11) is 2.27. The molecule has 0 aromatic rings. The fraction of sp³-hybridized carbons (Fsp3) is 0.800. The Morgan fingerprint density at radius 2 is 2.25 bits per heavy atom. The number of nitrogens with zero attached hydrogens (tertiary/aromatic N) is 1. The van der Waals surface area contributed by atoms with Crippen molar-refractivity contribution in [2.24, 2.45) is 4.74 Å². The van der Waals surface area contributed by atoms with Crippen LogP contribution in [-0.2, 0) is 14.3 Å². The van der Waals surface area contributed by atoms with Gasteiger partial charge in [0.1, 0.15) is 5.78 Å². The number of nitrogens with one attached hydrogen (secondary N) is 1. The Bertz CT molecular complexity index is 262. The maximum absolute atomic E-state index is 11.3. The number of hydrogen-bond acceptors (Lipinski definition) is 4. The molecule has 1 amide bonds. The van der Waals surface area contributed by atoms with E-state index in [1.807, 2.05) is 0 Å². The van der Waals surface area contributed by atoms with Crippen molar-refractivity contribution in [1.29, 1.82) is 0 Å². The molecule has 0 spiro atoms. The number of amides is 1. The van der Waals surface area contributed by atoms with Gasteiger partial charge in [-0.25, -0.2) is 0 Å². The standard InChI is InChI=1S/C10H19N2O3P/c1-11-10(14)5-7-15-6-3-4-9(13)8-16-12-2/h3-8H2,1-2H3,(H,11,14)/i2D. The Kier molecular flexibility index (Phi) is 8.88. The number of Topliss-reactive ketones (excluding diaryl/α,β-unsaturated/α-hetero) is 1. The second kappa shape index (κ2) is 10.7. The Hall–Kier alpha value is -0.800. The second-order valence-electron chi connectivity index (χ2n) is 3.12. The van der Waals surface area contributed by atoms with Gasteiger partial charge in [-0.2, -0.15) is 0 Å². The van der Waals surface area contributed by atoms with Gasteiger partial charge < -0.3 is 10.1 Å². The fourth-order valence-electron chi connectivity index (χ4n) is 0.971. The van der Waals surface area contributed by atoms with Gasteiger partial charge in [-0.1, -0.05) is 0 Å². The summed E-state index contributed by atoms with van der Waals surface area (Å²) >= 11 is 0. The first kappa shape index (κ1) is 13.3. The predicted molar refractivity (Wildman–Crippen MR) is 63.9 cm³/mol. The van der Waals surface area contributed by atoms with Gasteiger partial charge in [-0.15, -0.1) is 0 Å². The maximum Gasteiger partial charge on any atom is 0.222 e. The van der Waals surface area contributed by atoms with E-state index >= 15 is 0 Å². The van der Waals surface area contributed by atoms with Gasteiger partial charge in [0.2, 0.25) is 5.91 Å². The second-order valence-corrected chi connectivity index (χ2v) is 4.00. The largest absolute Gasteiger partial charge is 0.381 e. The molecule has 5 nitrogen and oxygen atoms in total. The minimum absolute atomic E-state index is 0.0113. The van der Waals surface area contributed by atoms with E-state index in [1.54, 1.807) is 7.05 Å². The van der Waals surface area contributed by atoms with Crippen LogP contribution in [0.1, 0.15) is 20.6 Å². The Labute approximate surface area is 99.2 Å². The summed E-state index contributed by atoms with van der Waals surface area (Å²) in [6.07, 6.45) is 1.88. The van der Waals surface area contributed by atoms with Crippen molar-refractivity contribution < 1.29 is 15.7 Å². The van der Waals surface area contributed by atoms with Crippen LogP contribution < -0.4 is 5.32 Å². The van der Waals surface area contributed by atoms with Crippen molar-refractivity contribution in [3.05, 3.63) is 0 Å². The molecule has 92 valence electrons. The first-order valence-corrected chi connectivity index (χ1v) is 6.16. The quantitative estimate of drug-likeness (QED) is 0.492. The summed E-state index contributed by atoms with van der Waals surface area (Å²) in [5, 5.41) is 2.50. The lowest BCUT2D eigenvalue weighted by molar-refractivity contribution is -0.122. The van der Waals surface area contributed by atoms with Gasteiger partial charge in [-0.05, 0) is 6.42 Å². The first-order valence-electron chi connectivity index (χ1n) is 5.84. The van der Waals surface area contributed by atoms with Crippen molar-refractivity contribution in [2.45, 2.75) is 19.3 Å². The highest BCUT2D eigenvalue weighted by Gasteiger charge is 2.01. The topological polar surface area (TPSA) is 67.8 Å². The zero-order valence-corrected chi connectivity index (χ0v) is 10.5. The lowest BCUT2D eigenvalue weighted by Crippen LogP contribution is -2.19. The first-order chi connectivity index (χ1) is 8.20. The monoisotopic (exact) mass is 247 g/mol. The molecular formula is C10H19N2O3P. The molecule has 0 aromatic heterocycles. The van der Waals surface area contributed by atoms with Crippen molar-refractivity contribution in [1.82, 2.24) is 5.32 Å². The zero-order chi connectivity index (χ0) is 12.9. The van der Waals surface area contributed by atoms with E-state index in [0.717, 1.165) is 0 Å². The van der Waals surface area contributed by atoms with E-state index in [1.165, 1.54) is 0 Å². The van der Waals surface area contributed by atoms with Gasteiger partial charge in [0, 0.05) is 43.3 Å². The van der Waals surface area contributed by atoms with Crippen molar-refractivity contribution in [3.8, 4) is 0 Å². The summed E-state index contributed by atoms with van der Waals surface area (Å²) in [5.74, 6) is 0.0932. The summed E-state index contributed by atoms with van der Waals surface area (Å²) < 4.78 is 15.7. The van der Waals surface area contributed by atoms with Crippen LogP contribution in [0, 0.1) is 0 Å². The van der Waals surface area contributed by atoms with Gasteiger partial charge in [-0.3, -0.25) is 14.3 Å². The third-order valence-electron chi connectivity index (χ3n) is 1.84. The minimum atomic E-state index is -0.0446. The molecule has 0 fully saturated rings. The van der Waals surface area contributed by atoms with E-state index in [4.69, 9.17) is 6.11 Å². The van der Waals surface area contributed by atoms with Crippen LogP contribution in [0.15, 0.2) is 4.74 Å². The smallest absolute Gasteiger partial charge is 0.222 e. The number of ether oxygens (including phenoxy) is 1. The molecule has 0 aliphatic carbocycles. The number of ketones is 1. The molecule has 0 saturated carbocycles. The van der Waals surface area contributed by atoms with Gasteiger partial charge >= 0.3 is 0 Å². The molecule has 6 heteroatoms. The highest BCUT2D eigenvalue weighted by Crippen LogP contribution is 2.01. The lowest BCUT2D eigenvalue weighted by atomic mass is 10.2. The SMILES string of the molecule is [2H]CN=PCC(=O)CCCOCCC(=O)NC. The predicted octanol–water partition coefficient (Wildman–Crippen LogP) is 1.25. The molecule has 0 aromatic carbocycles. The molecule has 0 aliphatic rings. The molecule has 0 bridgehead atoms. The molecule has 0 atom stereocenters. The van der Waals surface area contributed by atoms with Crippen molar-refractivity contribution in [3.63, 3.8) is 0 Å². The average molecular weight is 247 g/mol. The highest BCUT2D eigenvalue weighted by molar-refractivity contribution is 7.28. The van der Waals surface area contributed by atoms with Crippen LogP contribution in [0.4, 0.5) is 0 Å². The van der Waals surface area contributed by atoms with Crippen LogP contribution in [0.5, 0.6) is 0 Å². The third-order valence-corrected chi connectivity index (χ3v) is 2.54. The van der Waals surface area contributed by atoms with Crippen molar-refractivity contribution in [2.75, 3.05) is 33.4 Å². The van der Waals surface area contributed by atoms with E-state index in [2.05, 4.69) is 10.1 Å². The van der Waals surface area contributed by atoms with Crippen LogP contribution in [0.3, 0.4) is 0 Å². The van der Waals surface area contributed by atoms with Gasteiger partial charge in [0.15, 0.2) is 0 Å². The number of carbonyl (C=O) groups excluding carboxylic acids is 2. The molecule has 0 aliphatic heterocycles. The summed E-state index contributed by atoms with van der Waals surface area (Å²) in [5.41, 5.74) is 0. The van der Waals surface area contributed by atoms with Crippen LogP contribution in [0.25, 0.3) is 0 Å². The Morgan fingerprint density at radius 1 is 1.44 bits per heavy atom.